The Hall–Kier alpha value is -2.37. The molecular weight excluding hydrogens is 348 g/mol. The van der Waals surface area contributed by atoms with Crippen molar-refractivity contribution in [2.75, 3.05) is 18.4 Å². The number of nitrogens with one attached hydrogen (secondary N) is 3. The molecule has 1 aliphatic rings. The molecule has 1 amide bonds. The fourth-order valence-corrected chi connectivity index (χ4v) is 3.35. The molecule has 0 radical (unpaired) electrons. The van der Waals surface area contributed by atoms with Gasteiger partial charge in [-0.1, -0.05) is 36.2 Å². The lowest BCUT2D eigenvalue weighted by Crippen LogP contribution is -2.21. The lowest BCUT2D eigenvalue weighted by molar-refractivity contribution is -0.105. The van der Waals surface area contributed by atoms with Crippen LogP contribution in [0.25, 0.3) is 22.0 Å². The number of piperidine rings is 1. The Morgan fingerprint density at radius 1 is 1.12 bits per heavy atom. The Bertz CT molecular complexity index is 875. The van der Waals surface area contributed by atoms with Crippen molar-refractivity contribution in [3.63, 3.8) is 0 Å². The van der Waals surface area contributed by atoms with Crippen LogP contribution in [0, 0.1) is 6.92 Å². The molecule has 0 aliphatic carbocycles. The number of nitrogens with zero attached hydrogens (tertiary/aromatic N) is 1. The number of aromatic amines is 1. The van der Waals surface area contributed by atoms with E-state index in [-0.39, 0.29) is 0 Å². The van der Waals surface area contributed by atoms with Crippen molar-refractivity contribution >= 4 is 34.7 Å². The smallest absolute Gasteiger partial charge is 0.212 e. The van der Waals surface area contributed by atoms with E-state index in [4.69, 9.17) is 11.6 Å². The number of rotatable bonds is 3. The van der Waals surface area contributed by atoms with Crippen molar-refractivity contribution in [1.29, 1.82) is 0 Å². The minimum Gasteiger partial charge on any atom is -0.317 e. The lowest BCUT2D eigenvalue weighted by Gasteiger charge is -2.08. The Morgan fingerprint density at radius 3 is 2.54 bits per heavy atom. The molecule has 1 fully saturated rings. The molecule has 6 heteroatoms. The molecule has 1 saturated heterocycles. The van der Waals surface area contributed by atoms with Crippen molar-refractivity contribution in [2.24, 2.45) is 0 Å². The van der Waals surface area contributed by atoms with E-state index in [1.807, 2.05) is 43.3 Å². The first kappa shape index (κ1) is 18.4. The van der Waals surface area contributed by atoms with Crippen LogP contribution in [0.1, 0.15) is 24.8 Å². The van der Waals surface area contributed by atoms with Crippen LogP contribution in [0.3, 0.4) is 0 Å². The average Bonchev–Trinajstić information content (AvgIpc) is 3.06. The van der Waals surface area contributed by atoms with Crippen LogP contribution in [0.4, 0.5) is 5.82 Å². The highest BCUT2D eigenvalue weighted by molar-refractivity contribution is 6.33. The molecule has 0 bridgehead atoms. The van der Waals surface area contributed by atoms with E-state index in [9.17, 15) is 4.79 Å². The summed E-state index contributed by atoms with van der Waals surface area (Å²) in [5, 5.41) is 14.3. The summed E-state index contributed by atoms with van der Waals surface area (Å²) in [6.07, 6.45) is 4.83. The summed E-state index contributed by atoms with van der Waals surface area (Å²) < 4.78 is 0. The third kappa shape index (κ3) is 4.42. The van der Waals surface area contributed by atoms with Crippen LogP contribution in [-0.4, -0.2) is 29.7 Å². The first-order chi connectivity index (χ1) is 12.7. The molecule has 0 unspecified atom stereocenters. The predicted octanol–water partition coefficient (Wildman–Crippen LogP) is 4.52. The minimum absolute atomic E-state index is 0.514. The SMILES string of the molecule is C1CCNCC1.Cc1ccc(-c2ccc3[nH]nc(NC=O)c3c2)c(Cl)c1. The van der Waals surface area contributed by atoms with Gasteiger partial charge in [-0.15, -0.1) is 0 Å². The predicted molar refractivity (Wildman–Crippen MR) is 108 cm³/mol. The first-order valence-corrected chi connectivity index (χ1v) is 9.22. The topological polar surface area (TPSA) is 69.8 Å². The van der Waals surface area contributed by atoms with E-state index in [2.05, 4.69) is 20.8 Å². The average molecular weight is 371 g/mol. The number of halogens is 1. The molecule has 2 heterocycles. The first-order valence-electron chi connectivity index (χ1n) is 8.84. The van der Waals surface area contributed by atoms with Gasteiger partial charge in [0.25, 0.3) is 0 Å². The highest BCUT2D eigenvalue weighted by Gasteiger charge is 2.09. The monoisotopic (exact) mass is 370 g/mol. The number of H-pyrrole nitrogens is 1. The molecule has 0 saturated carbocycles. The second kappa shape index (κ2) is 8.83. The zero-order valence-electron chi connectivity index (χ0n) is 14.8. The van der Waals surface area contributed by atoms with Crippen molar-refractivity contribution in [3.05, 3.63) is 47.0 Å². The van der Waals surface area contributed by atoms with Crippen molar-refractivity contribution < 1.29 is 4.79 Å². The lowest BCUT2D eigenvalue weighted by atomic mass is 10.0. The van der Waals surface area contributed by atoms with Gasteiger partial charge in [-0.3, -0.25) is 9.89 Å². The highest BCUT2D eigenvalue weighted by Crippen LogP contribution is 2.32. The molecule has 5 nitrogen and oxygen atoms in total. The molecule has 1 aliphatic heterocycles. The Balaban J connectivity index is 0.000000278. The molecule has 4 rings (SSSR count). The van der Waals surface area contributed by atoms with Gasteiger partial charge in [-0.05, 0) is 62.2 Å². The summed E-state index contributed by atoms with van der Waals surface area (Å²) in [6, 6.07) is 11.8. The van der Waals surface area contributed by atoms with Gasteiger partial charge in [-0.25, -0.2) is 0 Å². The van der Waals surface area contributed by atoms with Crippen LogP contribution < -0.4 is 10.6 Å². The minimum atomic E-state index is 0.514. The van der Waals surface area contributed by atoms with Crippen molar-refractivity contribution in [1.82, 2.24) is 15.5 Å². The third-order valence-corrected chi connectivity index (χ3v) is 4.71. The molecule has 136 valence electrons. The number of hydrogen-bond donors (Lipinski definition) is 3. The quantitative estimate of drug-likeness (QED) is 0.593. The highest BCUT2D eigenvalue weighted by atomic mass is 35.5. The fraction of sp³-hybridized carbons (Fsp3) is 0.300. The third-order valence-electron chi connectivity index (χ3n) is 4.40. The molecule has 1 aromatic heterocycles. The maximum Gasteiger partial charge on any atom is 0.212 e. The van der Waals surface area contributed by atoms with Gasteiger partial charge in [0.2, 0.25) is 6.41 Å². The van der Waals surface area contributed by atoms with E-state index in [1.54, 1.807) is 0 Å². The van der Waals surface area contributed by atoms with E-state index in [0.717, 1.165) is 27.6 Å². The van der Waals surface area contributed by atoms with Crippen LogP contribution in [-0.2, 0) is 4.79 Å². The number of hydrogen-bond acceptors (Lipinski definition) is 3. The maximum absolute atomic E-state index is 10.6. The van der Waals surface area contributed by atoms with Crippen LogP contribution >= 0.6 is 11.6 Å². The summed E-state index contributed by atoms with van der Waals surface area (Å²) >= 11 is 6.29. The van der Waals surface area contributed by atoms with Crippen LogP contribution in [0.15, 0.2) is 36.4 Å². The van der Waals surface area contributed by atoms with Gasteiger partial charge in [0, 0.05) is 16.0 Å². The second-order valence-electron chi connectivity index (χ2n) is 6.39. The summed E-state index contributed by atoms with van der Waals surface area (Å²) in [5.41, 5.74) is 3.92. The number of benzene rings is 2. The maximum atomic E-state index is 10.6. The molecule has 3 N–H and O–H groups in total. The molecule has 3 aromatic rings. The standard InChI is InChI=1S/C15H12ClN3O.C5H11N/c1-9-2-4-11(13(16)6-9)10-3-5-14-12(7-10)15(17-8-20)19-18-14;1-2-4-6-5-3-1/h2-8H,1H3,(H2,17,18,19,20);6H,1-5H2. The van der Waals surface area contributed by atoms with Crippen LogP contribution in [0.5, 0.6) is 0 Å². The zero-order chi connectivity index (χ0) is 18.4. The summed E-state index contributed by atoms with van der Waals surface area (Å²) in [7, 11) is 0. The van der Waals surface area contributed by atoms with E-state index < -0.39 is 0 Å². The molecule has 26 heavy (non-hydrogen) atoms. The van der Waals surface area contributed by atoms with E-state index in [0.29, 0.717) is 17.3 Å². The number of fused-ring (bicyclic) bond motifs is 1. The summed E-state index contributed by atoms with van der Waals surface area (Å²) in [6.45, 7) is 4.50. The van der Waals surface area contributed by atoms with Gasteiger partial charge >= 0.3 is 0 Å². The number of anilines is 1. The number of aromatic nitrogens is 2. The summed E-state index contributed by atoms with van der Waals surface area (Å²) in [5.74, 6) is 0.514. The number of carbonyl (C=O) groups is 1. The summed E-state index contributed by atoms with van der Waals surface area (Å²) in [4.78, 5) is 10.6. The van der Waals surface area contributed by atoms with Crippen molar-refractivity contribution in [3.8, 4) is 11.1 Å². The Kier molecular flexibility index (Phi) is 6.26. The zero-order valence-corrected chi connectivity index (χ0v) is 15.6. The molecule has 0 spiro atoms. The largest absolute Gasteiger partial charge is 0.317 e. The number of carbonyl (C=O) groups excluding carboxylic acids is 1. The van der Waals surface area contributed by atoms with Gasteiger partial charge in [0.05, 0.1) is 5.52 Å². The molecule has 2 aromatic carbocycles. The van der Waals surface area contributed by atoms with Gasteiger partial charge in [0.1, 0.15) is 0 Å². The Labute approximate surface area is 158 Å². The normalized spacial score (nSPS) is 13.8. The van der Waals surface area contributed by atoms with E-state index in [1.165, 1.54) is 32.4 Å². The number of aryl methyl sites for hydroxylation is 1. The van der Waals surface area contributed by atoms with Gasteiger partial charge < -0.3 is 10.6 Å². The van der Waals surface area contributed by atoms with Gasteiger partial charge in [-0.2, -0.15) is 5.10 Å². The van der Waals surface area contributed by atoms with Gasteiger partial charge in [0.15, 0.2) is 5.82 Å². The van der Waals surface area contributed by atoms with Crippen LogP contribution in [0.2, 0.25) is 5.02 Å². The molecule has 0 atom stereocenters. The molecular formula is C20H23ClN4O. The Morgan fingerprint density at radius 2 is 1.92 bits per heavy atom. The number of amides is 1. The fourth-order valence-electron chi connectivity index (χ4n) is 3.00. The van der Waals surface area contributed by atoms with Crippen molar-refractivity contribution in [2.45, 2.75) is 26.2 Å². The van der Waals surface area contributed by atoms with E-state index >= 15 is 0 Å². The second-order valence-corrected chi connectivity index (χ2v) is 6.80.